The third kappa shape index (κ3) is 4.38. The second-order valence-electron chi connectivity index (χ2n) is 7.86. The number of aromatic nitrogens is 2. The van der Waals surface area contributed by atoms with Gasteiger partial charge in [-0.05, 0) is 44.2 Å². The molecule has 1 atom stereocenters. The van der Waals surface area contributed by atoms with Crippen molar-refractivity contribution >= 4 is 28.6 Å². The third-order valence-corrected chi connectivity index (χ3v) is 6.90. The summed E-state index contributed by atoms with van der Waals surface area (Å²) in [4.78, 5) is 35.6. The van der Waals surface area contributed by atoms with Gasteiger partial charge in [0.1, 0.15) is 0 Å². The van der Waals surface area contributed by atoms with Crippen molar-refractivity contribution in [2.45, 2.75) is 31.2 Å². The smallest absolute Gasteiger partial charge is 0.266 e. The Morgan fingerprint density at radius 3 is 2.45 bits per heavy atom. The molecule has 1 amide bonds. The average molecular weight is 437 g/mol. The van der Waals surface area contributed by atoms with Crippen LogP contribution in [0.4, 0.5) is 0 Å². The maximum atomic E-state index is 13.4. The fraction of sp³-hybridized carbons (Fsp3) is 0.375. The van der Waals surface area contributed by atoms with E-state index in [0.29, 0.717) is 16.1 Å². The molecule has 1 aromatic heterocycles. The molecule has 31 heavy (non-hydrogen) atoms. The van der Waals surface area contributed by atoms with Gasteiger partial charge >= 0.3 is 0 Å². The van der Waals surface area contributed by atoms with Gasteiger partial charge in [0, 0.05) is 26.2 Å². The molecule has 1 aliphatic heterocycles. The van der Waals surface area contributed by atoms with Gasteiger partial charge in [-0.15, -0.1) is 0 Å². The maximum absolute atomic E-state index is 13.4. The van der Waals surface area contributed by atoms with E-state index in [1.54, 1.807) is 10.6 Å². The topological polar surface area (TPSA) is 58.4 Å². The zero-order chi connectivity index (χ0) is 22.0. The molecule has 0 spiro atoms. The first-order valence-electron chi connectivity index (χ1n) is 10.7. The molecule has 0 aliphatic carbocycles. The van der Waals surface area contributed by atoms with Crippen LogP contribution in [0.25, 0.3) is 16.6 Å². The van der Waals surface area contributed by atoms with Crippen LogP contribution in [0.1, 0.15) is 19.4 Å². The number of aryl methyl sites for hydroxylation is 1. The van der Waals surface area contributed by atoms with Crippen molar-refractivity contribution in [2.75, 3.05) is 32.7 Å². The van der Waals surface area contributed by atoms with Crippen molar-refractivity contribution in [2.24, 2.45) is 0 Å². The number of hydrogen-bond acceptors (Lipinski definition) is 5. The van der Waals surface area contributed by atoms with Gasteiger partial charge in [0.2, 0.25) is 5.91 Å². The molecule has 1 aliphatic rings. The van der Waals surface area contributed by atoms with Gasteiger partial charge in [0.15, 0.2) is 5.16 Å². The average Bonchev–Trinajstić information content (AvgIpc) is 2.80. The summed E-state index contributed by atoms with van der Waals surface area (Å²) in [5.74, 6) is 0.0968. The Kier molecular flexibility index (Phi) is 6.43. The normalized spacial score (nSPS) is 15.9. The lowest BCUT2D eigenvalue weighted by molar-refractivity contribution is -0.132. The summed E-state index contributed by atoms with van der Waals surface area (Å²) in [6.07, 6.45) is 0. The lowest BCUT2D eigenvalue weighted by Crippen LogP contribution is -2.50. The summed E-state index contributed by atoms with van der Waals surface area (Å²) < 4.78 is 1.65. The molecule has 3 aromatic rings. The zero-order valence-electron chi connectivity index (χ0n) is 18.2. The molecule has 7 heteroatoms. The number of amides is 1. The minimum atomic E-state index is -0.337. The van der Waals surface area contributed by atoms with Crippen LogP contribution in [-0.4, -0.2) is 63.2 Å². The Morgan fingerprint density at radius 2 is 1.74 bits per heavy atom. The number of nitrogens with zero attached hydrogens (tertiary/aromatic N) is 4. The Bertz CT molecular complexity index is 1150. The number of thioether (sulfide) groups is 1. The summed E-state index contributed by atoms with van der Waals surface area (Å²) in [5.41, 5.74) is 2.32. The van der Waals surface area contributed by atoms with Crippen LogP contribution < -0.4 is 5.56 Å². The number of benzene rings is 2. The highest BCUT2D eigenvalue weighted by Crippen LogP contribution is 2.27. The fourth-order valence-electron chi connectivity index (χ4n) is 3.97. The predicted molar refractivity (Wildman–Crippen MR) is 126 cm³/mol. The van der Waals surface area contributed by atoms with E-state index in [-0.39, 0.29) is 16.7 Å². The van der Waals surface area contributed by atoms with Crippen LogP contribution in [0.15, 0.2) is 58.5 Å². The van der Waals surface area contributed by atoms with E-state index in [1.807, 2.05) is 61.2 Å². The maximum Gasteiger partial charge on any atom is 0.266 e. The molecule has 4 rings (SSSR count). The van der Waals surface area contributed by atoms with Gasteiger partial charge in [-0.1, -0.05) is 49.0 Å². The molecule has 162 valence electrons. The third-order valence-electron chi connectivity index (χ3n) is 5.86. The van der Waals surface area contributed by atoms with Crippen LogP contribution in [-0.2, 0) is 4.79 Å². The first kappa shape index (κ1) is 21.6. The minimum absolute atomic E-state index is 0.0968. The first-order chi connectivity index (χ1) is 15.0. The predicted octanol–water partition coefficient (Wildman–Crippen LogP) is 3.34. The first-order valence-corrected chi connectivity index (χ1v) is 11.6. The summed E-state index contributed by atoms with van der Waals surface area (Å²) in [6.45, 7) is 10.3. The van der Waals surface area contributed by atoms with Crippen molar-refractivity contribution in [3.63, 3.8) is 0 Å². The number of para-hydroxylation sites is 2. The van der Waals surface area contributed by atoms with Gasteiger partial charge in [0.25, 0.3) is 5.56 Å². The van der Waals surface area contributed by atoms with E-state index >= 15 is 0 Å². The summed E-state index contributed by atoms with van der Waals surface area (Å²) >= 11 is 1.36. The van der Waals surface area contributed by atoms with Crippen molar-refractivity contribution in [1.29, 1.82) is 0 Å². The molecular weight excluding hydrogens is 408 g/mol. The molecule has 6 nitrogen and oxygen atoms in total. The standard InChI is InChI=1S/C24H28N4O2S/c1-4-26-13-15-27(16-14-26)22(29)18(3)31-24-25-20-11-7-6-10-19(20)23(30)28(24)21-12-8-5-9-17(21)2/h5-12,18H,4,13-16H2,1-3H3. The van der Waals surface area contributed by atoms with Crippen LogP contribution in [0, 0.1) is 6.92 Å². The molecule has 1 unspecified atom stereocenters. The number of fused-ring (bicyclic) bond motifs is 1. The number of piperazine rings is 1. The summed E-state index contributed by atoms with van der Waals surface area (Å²) in [5, 5.41) is 0.785. The van der Waals surface area contributed by atoms with Crippen molar-refractivity contribution in [1.82, 2.24) is 19.4 Å². The van der Waals surface area contributed by atoms with E-state index < -0.39 is 0 Å². The Morgan fingerprint density at radius 1 is 1.06 bits per heavy atom. The second-order valence-corrected chi connectivity index (χ2v) is 9.17. The van der Waals surface area contributed by atoms with Gasteiger partial charge < -0.3 is 9.80 Å². The van der Waals surface area contributed by atoms with E-state index in [4.69, 9.17) is 4.98 Å². The van der Waals surface area contributed by atoms with Crippen molar-refractivity contribution in [3.8, 4) is 5.69 Å². The summed E-state index contributed by atoms with van der Waals surface area (Å²) in [7, 11) is 0. The number of hydrogen-bond donors (Lipinski definition) is 0. The van der Waals surface area contributed by atoms with Gasteiger partial charge in [-0.25, -0.2) is 4.98 Å². The fourth-order valence-corrected chi connectivity index (χ4v) is 4.97. The second kappa shape index (κ2) is 9.24. The van der Waals surface area contributed by atoms with Gasteiger partial charge in [-0.3, -0.25) is 14.2 Å². The van der Waals surface area contributed by atoms with Crippen LogP contribution in [0.5, 0.6) is 0 Å². The highest BCUT2D eigenvalue weighted by atomic mass is 32.2. The number of rotatable bonds is 5. The van der Waals surface area contributed by atoms with Gasteiger partial charge in [-0.2, -0.15) is 0 Å². The number of carbonyl (C=O) groups excluding carboxylic acids is 1. The highest BCUT2D eigenvalue weighted by molar-refractivity contribution is 8.00. The molecular formula is C24H28N4O2S. The summed E-state index contributed by atoms with van der Waals surface area (Å²) in [6, 6.07) is 15.1. The van der Waals surface area contributed by atoms with E-state index in [9.17, 15) is 9.59 Å². The molecule has 2 heterocycles. The molecule has 2 aromatic carbocycles. The van der Waals surface area contributed by atoms with E-state index in [0.717, 1.165) is 44.0 Å². The van der Waals surface area contributed by atoms with E-state index in [1.165, 1.54) is 11.8 Å². The molecule has 0 saturated carbocycles. The van der Waals surface area contributed by atoms with Crippen LogP contribution >= 0.6 is 11.8 Å². The van der Waals surface area contributed by atoms with Crippen molar-refractivity contribution in [3.05, 3.63) is 64.4 Å². The molecule has 1 fully saturated rings. The lowest BCUT2D eigenvalue weighted by atomic mass is 10.2. The molecule has 0 bridgehead atoms. The Balaban J connectivity index is 1.70. The lowest BCUT2D eigenvalue weighted by Gasteiger charge is -2.35. The van der Waals surface area contributed by atoms with Gasteiger partial charge in [0.05, 0.1) is 21.8 Å². The SMILES string of the molecule is CCN1CCN(C(=O)C(C)Sc2nc3ccccc3c(=O)n2-c2ccccc2C)CC1. The quantitative estimate of drug-likeness (QED) is 0.454. The number of likely N-dealkylation sites (N-methyl/N-ethyl adjacent to an activating group) is 1. The molecule has 0 radical (unpaired) electrons. The number of carbonyl (C=O) groups is 1. The Hall–Kier alpha value is -2.64. The van der Waals surface area contributed by atoms with Crippen LogP contribution in [0.2, 0.25) is 0 Å². The monoisotopic (exact) mass is 436 g/mol. The molecule has 0 N–H and O–H groups in total. The van der Waals surface area contributed by atoms with Crippen LogP contribution in [0.3, 0.4) is 0 Å². The highest BCUT2D eigenvalue weighted by Gasteiger charge is 2.27. The van der Waals surface area contributed by atoms with Crippen molar-refractivity contribution < 1.29 is 4.79 Å². The molecule has 1 saturated heterocycles. The minimum Gasteiger partial charge on any atom is -0.339 e. The Labute approximate surface area is 186 Å². The zero-order valence-corrected chi connectivity index (χ0v) is 19.1. The van der Waals surface area contributed by atoms with E-state index in [2.05, 4.69) is 11.8 Å². The largest absolute Gasteiger partial charge is 0.339 e.